The van der Waals surface area contributed by atoms with Crippen molar-refractivity contribution in [2.45, 2.75) is 19.9 Å². The second-order valence-electron chi connectivity index (χ2n) is 5.15. The average Bonchev–Trinajstić information content (AvgIpc) is 2.53. The van der Waals surface area contributed by atoms with Gasteiger partial charge in [0.25, 0.3) is 5.91 Å². The van der Waals surface area contributed by atoms with E-state index in [-0.39, 0.29) is 12.5 Å². The Bertz CT molecular complexity index is 635. The van der Waals surface area contributed by atoms with Gasteiger partial charge < -0.3 is 10.1 Å². The quantitative estimate of drug-likeness (QED) is 0.795. The predicted molar refractivity (Wildman–Crippen MR) is 88.9 cm³/mol. The fourth-order valence-electron chi connectivity index (χ4n) is 2.15. The molecule has 0 aliphatic heterocycles. The largest absolute Gasteiger partial charge is 0.483 e. The maximum absolute atomic E-state index is 11.9. The van der Waals surface area contributed by atoms with E-state index in [1.807, 2.05) is 55.5 Å². The van der Waals surface area contributed by atoms with Gasteiger partial charge in [-0.2, -0.15) is 0 Å². The highest BCUT2D eigenvalue weighted by Crippen LogP contribution is 2.20. The third kappa shape index (κ3) is 4.77. The molecular weight excluding hydrogens is 274 g/mol. The predicted octanol–water partition coefficient (Wildman–Crippen LogP) is 3.42. The number of rotatable bonds is 7. The van der Waals surface area contributed by atoms with E-state index in [4.69, 9.17) is 4.74 Å². The van der Waals surface area contributed by atoms with Gasteiger partial charge in [-0.1, -0.05) is 54.1 Å². The van der Waals surface area contributed by atoms with E-state index in [1.165, 1.54) is 0 Å². The van der Waals surface area contributed by atoms with E-state index in [1.54, 1.807) is 0 Å². The van der Waals surface area contributed by atoms with Gasteiger partial charge >= 0.3 is 0 Å². The third-order valence-electron chi connectivity index (χ3n) is 3.27. The van der Waals surface area contributed by atoms with E-state index in [0.29, 0.717) is 6.54 Å². The van der Waals surface area contributed by atoms with Crippen LogP contribution in [0.15, 0.2) is 61.2 Å². The summed E-state index contributed by atoms with van der Waals surface area (Å²) < 4.78 is 5.64. The molecule has 1 amide bonds. The number of benzene rings is 2. The smallest absolute Gasteiger partial charge is 0.258 e. The van der Waals surface area contributed by atoms with Gasteiger partial charge in [0, 0.05) is 6.54 Å². The number of ether oxygens (including phenoxy) is 1. The van der Waals surface area contributed by atoms with Crippen molar-refractivity contribution in [2.75, 3.05) is 6.61 Å². The van der Waals surface area contributed by atoms with Crippen molar-refractivity contribution in [3.8, 4) is 5.75 Å². The first-order chi connectivity index (χ1) is 10.7. The highest BCUT2D eigenvalue weighted by molar-refractivity contribution is 5.77. The Morgan fingerprint density at radius 2 is 2.00 bits per heavy atom. The van der Waals surface area contributed by atoms with E-state index in [0.717, 1.165) is 28.9 Å². The normalized spacial score (nSPS) is 10.0. The van der Waals surface area contributed by atoms with Crippen molar-refractivity contribution < 1.29 is 9.53 Å². The number of amides is 1. The molecule has 0 radical (unpaired) electrons. The van der Waals surface area contributed by atoms with Crippen LogP contribution in [0.5, 0.6) is 5.75 Å². The minimum atomic E-state index is -0.131. The number of hydrogen-bond donors (Lipinski definition) is 1. The van der Waals surface area contributed by atoms with Crippen molar-refractivity contribution in [2.24, 2.45) is 0 Å². The second kappa shape index (κ2) is 8.03. The standard InChI is InChI=1S/C19H21NO2/c1-3-7-17-12-15(2)10-11-18(17)22-14-19(21)20-13-16-8-5-4-6-9-16/h3-6,8-12H,1,7,13-14H2,2H3,(H,20,21). The fourth-order valence-corrected chi connectivity index (χ4v) is 2.15. The zero-order chi connectivity index (χ0) is 15.8. The molecule has 0 aliphatic rings. The fraction of sp³-hybridized carbons (Fsp3) is 0.211. The van der Waals surface area contributed by atoms with Crippen LogP contribution >= 0.6 is 0 Å². The second-order valence-corrected chi connectivity index (χ2v) is 5.15. The Hall–Kier alpha value is -2.55. The third-order valence-corrected chi connectivity index (χ3v) is 3.27. The highest BCUT2D eigenvalue weighted by atomic mass is 16.5. The van der Waals surface area contributed by atoms with Crippen LogP contribution in [-0.2, 0) is 17.8 Å². The molecule has 3 heteroatoms. The van der Waals surface area contributed by atoms with Crippen LogP contribution in [0.4, 0.5) is 0 Å². The molecule has 22 heavy (non-hydrogen) atoms. The minimum Gasteiger partial charge on any atom is -0.483 e. The van der Waals surface area contributed by atoms with E-state index < -0.39 is 0 Å². The Kier molecular flexibility index (Phi) is 5.78. The van der Waals surface area contributed by atoms with Crippen LogP contribution in [0, 0.1) is 6.92 Å². The molecule has 2 aromatic carbocycles. The van der Waals surface area contributed by atoms with Crippen molar-refractivity contribution in [3.05, 3.63) is 77.9 Å². The zero-order valence-corrected chi connectivity index (χ0v) is 12.8. The Morgan fingerprint density at radius 3 is 2.73 bits per heavy atom. The lowest BCUT2D eigenvalue weighted by Crippen LogP contribution is -2.28. The number of allylic oxidation sites excluding steroid dienone is 1. The summed E-state index contributed by atoms with van der Waals surface area (Å²) in [5, 5.41) is 2.85. The molecule has 0 atom stereocenters. The Morgan fingerprint density at radius 1 is 1.23 bits per heavy atom. The minimum absolute atomic E-state index is 0.0139. The molecule has 0 unspecified atom stereocenters. The molecule has 1 N–H and O–H groups in total. The van der Waals surface area contributed by atoms with Crippen LogP contribution < -0.4 is 10.1 Å². The Balaban J connectivity index is 1.87. The van der Waals surface area contributed by atoms with Gasteiger partial charge in [0.15, 0.2) is 6.61 Å². The lowest BCUT2D eigenvalue weighted by atomic mass is 10.1. The summed E-state index contributed by atoms with van der Waals surface area (Å²) in [5.41, 5.74) is 3.28. The van der Waals surface area contributed by atoms with Crippen molar-refractivity contribution in [1.82, 2.24) is 5.32 Å². The van der Waals surface area contributed by atoms with Gasteiger partial charge in [-0.25, -0.2) is 0 Å². The summed E-state index contributed by atoms with van der Waals surface area (Å²) in [7, 11) is 0. The van der Waals surface area contributed by atoms with E-state index in [9.17, 15) is 4.79 Å². The van der Waals surface area contributed by atoms with Gasteiger partial charge in [0.2, 0.25) is 0 Å². The molecular formula is C19H21NO2. The summed E-state index contributed by atoms with van der Waals surface area (Å²) in [4.78, 5) is 11.9. The number of carbonyl (C=O) groups excluding carboxylic acids is 1. The van der Waals surface area contributed by atoms with Crippen molar-refractivity contribution in [1.29, 1.82) is 0 Å². The molecule has 114 valence electrons. The molecule has 0 bridgehead atoms. The van der Waals surface area contributed by atoms with Crippen LogP contribution in [0.3, 0.4) is 0 Å². The first kappa shape index (κ1) is 15.8. The van der Waals surface area contributed by atoms with Crippen LogP contribution in [0.1, 0.15) is 16.7 Å². The maximum Gasteiger partial charge on any atom is 0.258 e. The summed E-state index contributed by atoms with van der Waals surface area (Å²) in [6.45, 7) is 6.31. The molecule has 3 nitrogen and oxygen atoms in total. The highest BCUT2D eigenvalue weighted by Gasteiger charge is 2.06. The Labute approximate surface area is 131 Å². The molecule has 2 rings (SSSR count). The van der Waals surface area contributed by atoms with E-state index in [2.05, 4.69) is 18.0 Å². The molecule has 0 aromatic heterocycles. The summed E-state index contributed by atoms with van der Waals surface area (Å²) in [6, 6.07) is 15.7. The van der Waals surface area contributed by atoms with Crippen LogP contribution in [0.2, 0.25) is 0 Å². The van der Waals surface area contributed by atoms with Gasteiger partial charge in [-0.05, 0) is 30.5 Å². The maximum atomic E-state index is 11.9. The van der Waals surface area contributed by atoms with E-state index >= 15 is 0 Å². The molecule has 0 aliphatic carbocycles. The van der Waals surface area contributed by atoms with Crippen LogP contribution in [0.25, 0.3) is 0 Å². The monoisotopic (exact) mass is 295 g/mol. The van der Waals surface area contributed by atoms with Gasteiger partial charge in [0.05, 0.1) is 0 Å². The van der Waals surface area contributed by atoms with Crippen molar-refractivity contribution >= 4 is 5.91 Å². The number of carbonyl (C=O) groups is 1. The SMILES string of the molecule is C=CCc1cc(C)ccc1OCC(=O)NCc1ccccc1. The molecule has 0 spiro atoms. The molecule has 0 saturated heterocycles. The van der Waals surface area contributed by atoms with Gasteiger partial charge in [-0.3, -0.25) is 4.79 Å². The lowest BCUT2D eigenvalue weighted by molar-refractivity contribution is -0.123. The molecule has 0 fully saturated rings. The number of aryl methyl sites for hydroxylation is 1. The first-order valence-electron chi connectivity index (χ1n) is 7.33. The van der Waals surface area contributed by atoms with Gasteiger partial charge in [0.1, 0.15) is 5.75 Å². The number of hydrogen-bond acceptors (Lipinski definition) is 2. The topological polar surface area (TPSA) is 38.3 Å². The lowest BCUT2D eigenvalue weighted by Gasteiger charge is -2.11. The summed E-state index contributed by atoms with van der Waals surface area (Å²) in [5.74, 6) is 0.606. The molecule has 0 saturated carbocycles. The van der Waals surface area contributed by atoms with Gasteiger partial charge in [-0.15, -0.1) is 6.58 Å². The summed E-state index contributed by atoms with van der Waals surface area (Å²) >= 11 is 0. The summed E-state index contributed by atoms with van der Waals surface area (Å²) in [6.07, 6.45) is 2.56. The molecule has 2 aromatic rings. The van der Waals surface area contributed by atoms with Crippen LogP contribution in [-0.4, -0.2) is 12.5 Å². The average molecular weight is 295 g/mol. The van der Waals surface area contributed by atoms with Crippen molar-refractivity contribution in [3.63, 3.8) is 0 Å². The zero-order valence-electron chi connectivity index (χ0n) is 12.8. The molecule has 0 heterocycles. The first-order valence-corrected chi connectivity index (χ1v) is 7.33. The number of nitrogens with one attached hydrogen (secondary N) is 1.